The maximum atomic E-state index is 12.1. The molecule has 3 nitrogen and oxygen atoms in total. The SMILES string of the molecule is Cc1ccc(SS(=O)Nc2nccs2)cc1-c1ccccc1. The van der Waals surface area contributed by atoms with E-state index < -0.39 is 10.0 Å². The first-order chi connectivity index (χ1) is 10.7. The van der Waals surface area contributed by atoms with Crippen LogP contribution in [-0.2, 0) is 10.0 Å². The number of hydrogen-bond acceptors (Lipinski definition) is 4. The van der Waals surface area contributed by atoms with Gasteiger partial charge in [-0.15, -0.1) is 11.3 Å². The Hall–Kier alpha value is -1.63. The fourth-order valence-corrected chi connectivity index (χ4v) is 4.88. The first kappa shape index (κ1) is 15.3. The molecule has 22 heavy (non-hydrogen) atoms. The zero-order valence-corrected chi connectivity index (χ0v) is 14.3. The highest BCUT2D eigenvalue weighted by Crippen LogP contribution is 2.30. The number of nitrogens with zero attached hydrogens (tertiary/aromatic N) is 1. The second kappa shape index (κ2) is 7.09. The van der Waals surface area contributed by atoms with Gasteiger partial charge in [-0.2, -0.15) is 0 Å². The summed E-state index contributed by atoms with van der Waals surface area (Å²) in [4.78, 5) is 5.04. The molecule has 0 aliphatic carbocycles. The quantitative estimate of drug-likeness (QED) is 0.668. The Morgan fingerprint density at radius 1 is 1.18 bits per heavy atom. The van der Waals surface area contributed by atoms with Crippen molar-refractivity contribution in [1.29, 1.82) is 0 Å². The third kappa shape index (κ3) is 3.76. The van der Waals surface area contributed by atoms with Crippen molar-refractivity contribution in [2.75, 3.05) is 4.72 Å². The highest BCUT2D eigenvalue weighted by molar-refractivity contribution is 8.69. The van der Waals surface area contributed by atoms with Crippen molar-refractivity contribution in [2.45, 2.75) is 11.8 Å². The van der Waals surface area contributed by atoms with Crippen LogP contribution in [0.3, 0.4) is 0 Å². The highest BCUT2D eigenvalue weighted by Gasteiger charge is 2.08. The van der Waals surface area contributed by atoms with Crippen LogP contribution < -0.4 is 4.72 Å². The Balaban J connectivity index is 1.79. The van der Waals surface area contributed by atoms with Gasteiger partial charge in [-0.1, -0.05) is 36.4 Å². The Labute approximate surface area is 139 Å². The molecule has 0 saturated heterocycles. The topological polar surface area (TPSA) is 42.0 Å². The summed E-state index contributed by atoms with van der Waals surface area (Å²) >= 11 is 1.44. The van der Waals surface area contributed by atoms with Crippen molar-refractivity contribution in [2.24, 2.45) is 0 Å². The van der Waals surface area contributed by atoms with Gasteiger partial charge in [-0.3, -0.25) is 4.72 Å². The third-order valence-corrected chi connectivity index (χ3v) is 6.13. The molecule has 1 N–H and O–H groups in total. The van der Waals surface area contributed by atoms with Gasteiger partial charge in [0, 0.05) is 16.5 Å². The van der Waals surface area contributed by atoms with E-state index in [9.17, 15) is 4.21 Å². The molecule has 0 saturated carbocycles. The lowest BCUT2D eigenvalue weighted by molar-refractivity contribution is 0.694. The van der Waals surface area contributed by atoms with Crippen molar-refractivity contribution in [3.05, 3.63) is 65.7 Å². The van der Waals surface area contributed by atoms with Crippen molar-refractivity contribution in [3.63, 3.8) is 0 Å². The van der Waals surface area contributed by atoms with E-state index in [2.05, 4.69) is 40.9 Å². The number of aryl methyl sites for hydroxylation is 1. The molecule has 0 bridgehead atoms. The number of rotatable bonds is 5. The molecule has 0 fully saturated rings. The smallest absolute Gasteiger partial charge is 0.195 e. The maximum absolute atomic E-state index is 12.1. The largest absolute Gasteiger partial charge is 0.271 e. The fraction of sp³-hybridized carbons (Fsp3) is 0.0625. The Morgan fingerprint density at radius 3 is 2.73 bits per heavy atom. The van der Waals surface area contributed by atoms with Crippen molar-refractivity contribution < 1.29 is 4.21 Å². The number of anilines is 1. The van der Waals surface area contributed by atoms with Crippen LogP contribution in [0.5, 0.6) is 0 Å². The van der Waals surface area contributed by atoms with E-state index in [1.165, 1.54) is 33.3 Å². The van der Waals surface area contributed by atoms with Gasteiger partial charge in [-0.25, -0.2) is 9.19 Å². The Morgan fingerprint density at radius 2 is 2.00 bits per heavy atom. The van der Waals surface area contributed by atoms with Crippen LogP contribution in [0.4, 0.5) is 5.13 Å². The highest BCUT2D eigenvalue weighted by atomic mass is 33.1. The molecule has 1 aromatic heterocycles. The van der Waals surface area contributed by atoms with Crippen molar-refractivity contribution in [3.8, 4) is 11.1 Å². The average molecular weight is 347 g/mol. The van der Waals surface area contributed by atoms with E-state index >= 15 is 0 Å². The maximum Gasteiger partial charge on any atom is 0.195 e. The lowest BCUT2D eigenvalue weighted by Crippen LogP contribution is -1.98. The van der Waals surface area contributed by atoms with E-state index in [4.69, 9.17) is 0 Å². The number of benzene rings is 2. The monoisotopic (exact) mass is 346 g/mol. The van der Waals surface area contributed by atoms with Gasteiger partial charge in [-0.05, 0) is 46.5 Å². The van der Waals surface area contributed by atoms with E-state index in [0.717, 1.165) is 10.5 Å². The molecule has 3 aromatic rings. The van der Waals surface area contributed by atoms with Crippen LogP contribution in [-0.4, -0.2) is 9.19 Å². The van der Waals surface area contributed by atoms with Crippen molar-refractivity contribution in [1.82, 2.24) is 4.98 Å². The summed E-state index contributed by atoms with van der Waals surface area (Å²) in [6.07, 6.45) is 1.69. The van der Waals surface area contributed by atoms with Gasteiger partial charge in [0.1, 0.15) is 0 Å². The molecule has 1 atom stereocenters. The van der Waals surface area contributed by atoms with Crippen LogP contribution in [0.15, 0.2) is 65.0 Å². The second-order valence-corrected chi connectivity index (χ2v) is 8.21. The van der Waals surface area contributed by atoms with Crippen LogP contribution in [0.1, 0.15) is 5.56 Å². The first-order valence-corrected chi connectivity index (χ1v) is 10.0. The van der Waals surface area contributed by atoms with Gasteiger partial charge in [0.05, 0.1) is 0 Å². The molecule has 6 heteroatoms. The number of nitrogens with one attached hydrogen (secondary N) is 1. The summed E-state index contributed by atoms with van der Waals surface area (Å²) in [6.45, 7) is 2.08. The molecule has 0 amide bonds. The van der Waals surface area contributed by atoms with E-state index in [1.54, 1.807) is 6.20 Å². The summed E-state index contributed by atoms with van der Waals surface area (Å²) in [5, 5.41) is 2.52. The third-order valence-electron chi connectivity index (χ3n) is 3.07. The van der Waals surface area contributed by atoms with Gasteiger partial charge in [0.2, 0.25) is 0 Å². The van der Waals surface area contributed by atoms with Crippen LogP contribution in [0.25, 0.3) is 11.1 Å². The minimum atomic E-state index is -1.26. The van der Waals surface area contributed by atoms with E-state index in [0.29, 0.717) is 5.13 Å². The zero-order valence-electron chi connectivity index (χ0n) is 11.9. The minimum absolute atomic E-state index is 0.668. The van der Waals surface area contributed by atoms with E-state index in [1.807, 2.05) is 29.6 Å². The molecule has 112 valence electrons. The summed E-state index contributed by atoms with van der Waals surface area (Å²) < 4.78 is 15.0. The molecular weight excluding hydrogens is 332 g/mol. The molecule has 1 heterocycles. The molecule has 0 aliphatic heterocycles. The van der Waals surface area contributed by atoms with Gasteiger partial charge in [0.25, 0.3) is 0 Å². The summed E-state index contributed by atoms with van der Waals surface area (Å²) in [7, 11) is 0.0301. The number of aromatic nitrogens is 1. The summed E-state index contributed by atoms with van der Waals surface area (Å²) in [6, 6.07) is 16.4. The number of thiazole rings is 1. The summed E-state index contributed by atoms with van der Waals surface area (Å²) in [5.74, 6) is 0. The summed E-state index contributed by atoms with van der Waals surface area (Å²) in [5.41, 5.74) is 3.53. The lowest BCUT2D eigenvalue weighted by Gasteiger charge is -2.09. The Bertz CT molecular complexity index is 773. The van der Waals surface area contributed by atoms with Crippen LogP contribution >= 0.6 is 22.1 Å². The predicted molar refractivity (Wildman–Crippen MR) is 96.4 cm³/mol. The molecule has 3 rings (SSSR count). The minimum Gasteiger partial charge on any atom is -0.271 e. The predicted octanol–water partition coefficient (Wildman–Crippen LogP) is 4.90. The standard InChI is InChI=1S/C16H14N2OS3/c1-12-7-8-14(11-15(12)13-5-3-2-4-6-13)21-22(19)18-16-17-9-10-20-16/h2-11H,1H3,(H,17,18). The zero-order chi connectivity index (χ0) is 15.4. The van der Waals surface area contributed by atoms with Gasteiger partial charge >= 0.3 is 0 Å². The van der Waals surface area contributed by atoms with E-state index in [-0.39, 0.29) is 0 Å². The Kier molecular flexibility index (Phi) is 4.92. The fourth-order valence-electron chi connectivity index (χ4n) is 2.04. The molecular formula is C16H14N2OS3. The molecule has 0 aliphatic rings. The lowest BCUT2D eigenvalue weighted by atomic mass is 10.0. The number of hydrogen-bond donors (Lipinski definition) is 1. The molecule has 0 spiro atoms. The molecule has 1 unspecified atom stereocenters. The van der Waals surface area contributed by atoms with Gasteiger partial charge in [0.15, 0.2) is 15.1 Å². The van der Waals surface area contributed by atoms with Crippen molar-refractivity contribution >= 4 is 37.3 Å². The van der Waals surface area contributed by atoms with Gasteiger partial charge < -0.3 is 0 Å². The second-order valence-electron chi connectivity index (χ2n) is 4.60. The molecule has 0 radical (unpaired) electrons. The molecule has 2 aromatic carbocycles. The first-order valence-electron chi connectivity index (χ1n) is 6.65. The normalized spacial score (nSPS) is 12.0. The van der Waals surface area contributed by atoms with Crippen LogP contribution in [0, 0.1) is 6.92 Å². The average Bonchev–Trinajstić information content (AvgIpc) is 3.03. The van der Waals surface area contributed by atoms with Crippen LogP contribution in [0.2, 0.25) is 0 Å².